The summed E-state index contributed by atoms with van der Waals surface area (Å²) in [5.41, 5.74) is 13.5. The summed E-state index contributed by atoms with van der Waals surface area (Å²) < 4.78 is 1.59. The number of pyridine rings is 1. The van der Waals surface area contributed by atoms with Crippen LogP contribution in [-0.2, 0) is 0 Å². The van der Waals surface area contributed by atoms with Crippen molar-refractivity contribution in [1.82, 2.24) is 14.5 Å². The van der Waals surface area contributed by atoms with Crippen molar-refractivity contribution in [2.75, 3.05) is 5.73 Å². The molecule has 3 rings (SSSR count). The van der Waals surface area contributed by atoms with Gasteiger partial charge in [-0.25, -0.2) is 9.97 Å². The van der Waals surface area contributed by atoms with Gasteiger partial charge in [-0.15, -0.1) is 0 Å². The lowest BCUT2D eigenvalue weighted by atomic mass is 10.1. The normalized spacial score (nSPS) is 11.0. The minimum absolute atomic E-state index is 0.0189. The highest BCUT2D eigenvalue weighted by Gasteiger charge is 2.19. The molecule has 8 heteroatoms. The molecule has 0 atom stereocenters. The number of amides is 1. The van der Waals surface area contributed by atoms with Crippen molar-refractivity contribution in [3.8, 4) is 22.5 Å². The minimum Gasteiger partial charge on any atom is -0.382 e. The van der Waals surface area contributed by atoms with Gasteiger partial charge in [0.15, 0.2) is 11.5 Å². The highest BCUT2D eigenvalue weighted by atomic mass is 32.1. The molecule has 0 spiro atoms. The van der Waals surface area contributed by atoms with Crippen molar-refractivity contribution in [3.63, 3.8) is 0 Å². The molecule has 0 aliphatic rings. The maximum absolute atomic E-state index is 12.0. The summed E-state index contributed by atoms with van der Waals surface area (Å²) in [5, 5.41) is 3.82. The highest BCUT2D eigenvalue weighted by Crippen LogP contribution is 2.31. The molecule has 0 aliphatic carbocycles. The van der Waals surface area contributed by atoms with Crippen LogP contribution in [0.5, 0.6) is 0 Å². The molecule has 3 aromatic rings. The van der Waals surface area contributed by atoms with Gasteiger partial charge < -0.3 is 16.0 Å². The van der Waals surface area contributed by atoms with Crippen molar-refractivity contribution in [2.45, 2.75) is 19.9 Å². The van der Waals surface area contributed by atoms with Crippen LogP contribution in [0.15, 0.2) is 40.0 Å². The Kier molecular flexibility index (Phi) is 4.37. The molecule has 3 aromatic heterocycles. The molecule has 0 aliphatic heterocycles. The zero-order valence-electron chi connectivity index (χ0n) is 13.8. The van der Waals surface area contributed by atoms with E-state index in [-0.39, 0.29) is 23.1 Å². The van der Waals surface area contributed by atoms with Crippen LogP contribution in [0.3, 0.4) is 0 Å². The molecule has 0 saturated heterocycles. The fraction of sp³-hybridized carbons (Fsp3) is 0.176. The summed E-state index contributed by atoms with van der Waals surface area (Å²) in [6.45, 7) is 3.82. The van der Waals surface area contributed by atoms with E-state index in [1.807, 2.05) is 30.7 Å². The first-order valence-electron chi connectivity index (χ1n) is 7.61. The van der Waals surface area contributed by atoms with Gasteiger partial charge in [0, 0.05) is 34.8 Å². The number of aromatic nitrogens is 3. The van der Waals surface area contributed by atoms with Crippen LogP contribution in [0.2, 0.25) is 0 Å². The largest absolute Gasteiger partial charge is 0.382 e. The van der Waals surface area contributed by atoms with E-state index < -0.39 is 5.91 Å². The predicted molar refractivity (Wildman–Crippen MR) is 98.4 cm³/mol. The second kappa shape index (κ2) is 6.48. The van der Waals surface area contributed by atoms with Crippen molar-refractivity contribution >= 4 is 23.1 Å². The number of primary amides is 1. The fourth-order valence-corrected chi connectivity index (χ4v) is 3.12. The second-order valence-electron chi connectivity index (χ2n) is 5.79. The molecular weight excluding hydrogens is 338 g/mol. The van der Waals surface area contributed by atoms with Gasteiger partial charge in [0.2, 0.25) is 0 Å². The Balaban J connectivity index is 2.30. The van der Waals surface area contributed by atoms with Gasteiger partial charge in [-0.2, -0.15) is 11.3 Å². The average Bonchev–Trinajstić information content (AvgIpc) is 3.09. The molecule has 7 nitrogen and oxygen atoms in total. The summed E-state index contributed by atoms with van der Waals surface area (Å²) in [6.07, 6.45) is 1.70. The Labute approximate surface area is 148 Å². The molecule has 0 saturated carbocycles. The Hall–Kier alpha value is -3.00. The van der Waals surface area contributed by atoms with E-state index in [0.717, 1.165) is 5.56 Å². The van der Waals surface area contributed by atoms with Crippen LogP contribution in [-0.4, -0.2) is 20.4 Å². The topological polar surface area (TPSA) is 117 Å². The minimum atomic E-state index is -0.750. The van der Waals surface area contributed by atoms with E-state index in [2.05, 4.69) is 9.97 Å². The van der Waals surface area contributed by atoms with Crippen LogP contribution >= 0.6 is 11.3 Å². The summed E-state index contributed by atoms with van der Waals surface area (Å²) in [4.78, 5) is 32.3. The van der Waals surface area contributed by atoms with Crippen LogP contribution in [0.25, 0.3) is 22.5 Å². The van der Waals surface area contributed by atoms with Crippen molar-refractivity contribution < 1.29 is 4.79 Å². The molecule has 0 fully saturated rings. The van der Waals surface area contributed by atoms with E-state index in [1.54, 1.807) is 16.8 Å². The lowest BCUT2D eigenvalue weighted by Gasteiger charge is -2.14. The van der Waals surface area contributed by atoms with Gasteiger partial charge in [-0.3, -0.25) is 9.59 Å². The number of anilines is 1. The van der Waals surface area contributed by atoms with Crippen LogP contribution < -0.4 is 17.0 Å². The molecule has 0 unspecified atom stereocenters. The number of carbonyl (C=O) groups is 1. The molecule has 0 bridgehead atoms. The maximum atomic E-state index is 12.0. The smallest absolute Gasteiger partial charge is 0.271 e. The summed E-state index contributed by atoms with van der Waals surface area (Å²) >= 11 is 1.51. The van der Waals surface area contributed by atoms with Gasteiger partial charge in [0.05, 0.1) is 11.4 Å². The SMILES string of the molecule is CC(C)n1cc(-c2nc(C(N)=O)c(N)nc2-c2ccsc2)ccc1=O. The first-order valence-corrected chi connectivity index (χ1v) is 8.55. The predicted octanol–water partition coefficient (Wildman–Crippen LogP) is 2.30. The number of hydrogen-bond acceptors (Lipinski definition) is 6. The van der Waals surface area contributed by atoms with Gasteiger partial charge in [-0.05, 0) is 31.4 Å². The van der Waals surface area contributed by atoms with Crippen LogP contribution in [0, 0.1) is 0 Å². The molecule has 0 radical (unpaired) electrons. The number of rotatable bonds is 4. The van der Waals surface area contributed by atoms with E-state index in [0.29, 0.717) is 17.0 Å². The third-order valence-corrected chi connectivity index (χ3v) is 4.40. The third-order valence-electron chi connectivity index (χ3n) is 3.72. The monoisotopic (exact) mass is 355 g/mol. The first kappa shape index (κ1) is 16.8. The third kappa shape index (κ3) is 3.16. The van der Waals surface area contributed by atoms with Crippen molar-refractivity contribution in [3.05, 3.63) is 51.2 Å². The van der Waals surface area contributed by atoms with E-state index in [1.165, 1.54) is 17.4 Å². The molecule has 1 amide bonds. The van der Waals surface area contributed by atoms with E-state index in [4.69, 9.17) is 11.5 Å². The Morgan fingerprint density at radius 2 is 1.88 bits per heavy atom. The number of hydrogen-bond donors (Lipinski definition) is 2. The van der Waals surface area contributed by atoms with Crippen molar-refractivity contribution in [2.24, 2.45) is 5.73 Å². The Bertz CT molecular complexity index is 993. The lowest BCUT2D eigenvalue weighted by Crippen LogP contribution is -2.21. The zero-order chi connectivity index (χ0) is 18.1. The molecule has 4 N–H and O–H groups in total. The number of nitrogens with zero attached hydrogens (tertiary/aromatic N) is 3. The van der Waals surface area contributed by atoms with Crippen LogP contribution in [0.1, 0.15) is 30.4 Å². The standard InChI is InChI=1S/C17H17N5O2S/c1-9(2)22-7-10(3-4-12(22)23)13-14(11-5-6-25-8-11)21-16(18)15(20-13)17(19)24/h3-9H,1-2H3,(H2,18,21)(H2,19,24). The second-order valence-corrected chi connectivity index (χ2v) is 6.57. The summed E-state index contributed by atoms with van der Waals surface area (Å²) in [7, 11) is 0. The summed E-state index contributed by atoms with van der Waals surface area (Å²) in [6, 6.07) is 4.99. The van der Waals surface area contributed by atoms with Crippen LogP contribution in [0.4, 0.5) is 5.82 Å². The van der Waals surface area contributed by atoms with Gasteiger partial charge >= 0.3 is 0 Å². The van der Waals surface area contributed by atoms with E-state index in [9.17, 15) is 9.59 Å². The van der Waals surface area contributed by atoms with E-state index >= 15 is 0 Å². The van der Waals surface area contributed by atoms with Gasteiger partial charge in [0.25, 0.3) is 11.5 Å². The Morgan fingerprint density at radius 3 is 2.48 bits per heavy atom. The first-order chi connectivity index (χ1) is 11.9. The molecule has 128 valence electrons. The lowest BCUT2D eigenvalue weighted by molar-refractivity contribution is 0.0996. The molecule has 25 heavy (non-hydrogen) atoms. The highest BCUT2D eigenvalue weighted by molar-refractivity contribution is 7.08. The molecular formula is C17H17N5O2S. The van der Waals surface area contributed by atoms with Gasteiger partial charge in [-0.1, -0.05) is 0 Å². The van der Waals surface area contributed by atoms with Gasteiger partial charge in [0.1, 0.15) is 0 Å². The number of nitrogens with two attached hydrogens (primary N) is 2. The molecule has 0 aromatic carbocycles. The number of nitrogen functional groups attached to an aromatic ring is 1. The molecule has 3 heterocycles. The maximum Gasteiger partial charge on any atom is 0.271 e. The Morgan fingerprint density at radius 1 is 1.16 bits per heavy atom. The summed E-state index contributed by atoms with van der Waals surface area (Å²) in [5.74, 6) is -0.769. The fourth-order valence-electron chi connectivity index (χ4n) is 2.48. The number of thiophene rings is 1. The quantitative estimate of drug-likeness (QED) is 0.744. The van der Waals surface area contributed by atoms with Crippen molar-refractivity contribution in [1.29, 1.82) is 0 Å². The zero-order valence-corrected chi connectivity index (χ0v) is 14.6. The average molecular weight is 355 g/mol. The number of carbonyl (C=O) groups excluding carboxylic acids is 1.